The molecule has 0 heterocycles. The fraction of sp³-hybridized carbons (Fsp3) is 1.00. The smallest absolute Gasteiger partial charge is 0.0363 e. The molecular weight excluding hydrogens is 156 g/mol. The summed E-state index contributed by atoms with van der Waals surface area (Å²) >= 11 is 0. The molecule has 1 aliphatic carbocycles. The predicted octanol–water partition coefficient (Wildman–Crippen LogP) is 4.49. The van der Waals surface area contributed by atoms with E-state index in [4.69, 9.17) is 0 Å². The van der Waals surface area contributed by atoms with Gasteiger partial charge in [0.15, 0.2) is 0 Å². The highest BCUT2D eigenvalue weighted by Gasteiger charge is 2.25. The molecule has 0 aromatic carbocycles. The van der Waals surface area contributed by atoms with Crippen molar-refractivity contribution in [3.63, 3.8) is 0 Å². The van der Waals surface area contributed by atoms with Gasteiger partial charge in [-0.25, -0.2) is 0 Å². The van der Waals surface area contributed by atoms with Crippen molar-refractivity contribution in [2.24, 2.45) is 23.7 Å². The van der Waals surface area contributed by atoms with Crippen molar-refractivity contribution in [2.75, 3.05) is 0 Å². The normalized spacial score (nSPS) is 38.3. The van der Waals surface area contributed by atoms with Gasteiger partial charge in [0, 0.05) is 0 Å². The van der Waals surface area contributed by atoms with Crippen molar-refractivity contribution in [1.82, 2.24) is 0 Å². The van der Waals surface area contributed by atoms with Crippen LogP contribution in [0.1, 0.15) is 59.8 Å². The fourth-order valence-electron chi connectivity index (χ4n) is 2.82. The van der Waals surface area contributed by atoms with Gasteiger partial charge in [0.1, 0.15) is 0 Å². The second kappa shape index (κ2) is 5.02. The molecule has 0 saturated heterocycles. The minimum Gasteiger partial charge on any atom is -0.0651 e. The molecule has 0 heteroatoms. The Balaban J connectivity index is 2.51. The summed E-state index contributed by atoms with van der Waals surface area (Å²) in [6.45, 7) is 9.67. The van der Waals surface area contributed by atoms with Gasteiger partial charge in [-0.2, -0.15) is 0 Å². The molecule has 0 radical (unpaired) electrons. The van der Waals surface area contributed by atoms with Crippen molar-refractivity contribution in [3.8, 4) is 0 Å². The van der Waals surface area contributed by atoms with E-state index in [1.54, 1.807) is 0 Å². The van der Waals surface area contributed by atoms with Crippen molar-refractivity contribution in [2.45, 2.75) is 59.8 Å². The Kier molecular flexibility index (Phi) is 4.28. The van der Waals surface area contributed by atoms with Crippen molar-refractivity contribution in [3.05, 3.63) is 0 Å². The molecule has 0 spiro atoms. The summed E-state index contributed by atoms with van der Waals surface area (Å²) < 4.78 is 0. The number of rotatable bonds is 2. The van der Waals surface area contributed by atoms with Gasteiger partial charge in [-0.1, -0.05) is 53.4 Å². The van der Waals surface area contributed by atoms with Gasteiger partial charge in [0.05, 0.1) is 0 Å². The lowest BCUT2D eigenvalue weighted by molar-refractivity contribution is 0.235. The van der Waals surface area contributed by atoms with E-state index in [1.807, 2.05) is 0 Å². The second-order valence-corrected chi connectivity index (χ2v) is 5.29. The van der Waals surface area contributed by atoms with E-state index in [0.29, 0.717) is 0 Å². The van der Waals surface area contributed by atoms with Crippen LogP contribution in [0.3, 0.4) is 0 Å². The van der Waals surface area contributed by atoms with Crippen LogP contribution in [0.2, 0.25) is 0 Å². The number of hydrogen-bond acceptors (Lipinski definition) is 0. The maximum Gasteiger partial charge on any atom is -0.0363 e. The minimum atomic E-state index is 0.945. The van der Waals surface area contributed by atoms with E-state index in [-0.39, 0.29) is 0 Å². The van der Waals surface area contributed by atoms with Crippen LogP contribution in [-0.2, 0) is 0 Å². The summed E-state index contributed by atoms with van der Waals surface area (Å²) in [7, 11) is 0. The molecule has 1 rings (SSSR count). The summed E-state index contributed by atoms with van der Waals surface area (Å²) in [5, 5.41) is 0. The molecule has 1 aliphatic rings. The fourth-order valence-corrected chi connectivity index (χ4v) is 2.82. The lowest BCUT2D eigenvalue weighted by Crippen LogP contribution is -2.18. The standard InChI is InChI=1S/C13H26/c1-5-11(3)13-9-7-10(2)6-8-12(13)4/h10-13H,5-9H2,1-4H3. The van der Waals surface area contributed by atoms with Crippen molar-refractivity contribution in [1.29, 1.82) is 0 Å². The predicted molar refractivity (Wildman–Crippen MR) is 59.7 cm³/mol. The lowest BCUT2D eigenvalue weighted by atomic mass is 9.79. The van der Waals surface area contributed by atoms with Gasteiger partial charge >= 0.3 is 0 Å². The first-order chi connectivity index (χ1) is 6.15. The highest BCUT2D eigenvalue weighted by Crippen LogP contribution is 2.36. The third-order valence-corrected chi connectivity index (χ3v) is 4.21. The van der Waals surface area contributed by atoms with E-state index in [9.17, 15) is 0 Å². The molecule has 1 fully saturated rings. The third kappa shape index (κ3) is 3.00. The summed E-state index contributed by atoms with van der Waals surface area (Å²) in [6, 6.07) is 0. The molecule has 78 valence electrons. The molecule has 0 aromatic rings. The molecule has 0 amide bonds. The van der Waals surface area contributed by atoms with Gasteiger partial charge < -0.3 is 0 Å². The van der Waals surface area contributed by atoms with Crippen molar-refractivity contribution < 1.29 is 0 Å². The van der Waals surface area contributed by atoms with Gasteiger partial charge in [-0.05, 0) is 30.1 Å². The van der Waals surface area contributed by atoms with Crippen LogP contribution < -0.4 is 0 Å². The van der Waals surface area contributed by atoms with E-state index in [0.717, 1.165) is 23.7 Å². The maximum absolute atomic E-state index is 2.47. The lowest BCUT2D eigenvalue weighted by Gasteiger charge is -2.27. The van der Waals surface area contributed by atoms with Crippen LogP contribution >= 0.6 is 0 Å². The molecular formula is C13H26. The average Bonchev–Trinajstić information content (AvgIpc) is 2.28. The second-order valence-electron chi connectivity index (χ2n) is 5.29. The zero-order valence-electron chi connectivity index (χ0n) is 9.84. The van der Waals surface area contributed by atoms with Crippen LogP contribution in [0.25, 0.3) is 0 Å². The Hall–Kier alpha value is 0. The first-order valence-corrected chi connectivity index (χ1v) is 6.15. The Morgan fingerprint density at radius 1 is 1.08 bits per heavy atom. The zero-order valence-corrected chi connectivity index (χ0v) is 9.84. The Bertz CT molecular complexity index is 139. The molecule has 0 bridgehead atoms. The van der Waals surface area contributed by atoms with E-state index >= 15 is 0 Å². The third-order valence-electron chi connectivity index (χ3n) is 4.21. The molecule has 0 aromatic heterocycles. The monoisotopic (exact) mass is 182 g/mol. The summed E-state index contributed by atoms with van der Waals surface area (Å²) in [5.41, 5.74) is 0. The highest BCUT2D eigenvalue weighted by atomic mass is 14.3. The molecule has 1 saturated carbocycles. The summed E-state index contributed by atoms with van der Waals surface area (Å²) in [5.74, 6) is 3.91. The zero-order chi connectivity index (χ0) is 9.84. The quantitative estimate of drug-likeness (QED) is 0.552. The Morgan fingerprint density at radius 3 is 2.31 bits per heavy atom. The van der Waals surface area contributed by atoms with Crippen LogP contribution in [0.5, 0.6) is 0 Å². The SMILES string of the molecule is CCC(C)C1CCC(C)CCC1C. The van der Waals surface area contributed by atoms with Crippen LogP contribution in [0, 0.1) is 23.7 Å². The summed E-state index contributed by atoms with van der Waals surface area (Å²) in [4.78, 5) is 0. The molecule has 4 atom stereocenters. The van der Waals surface area contributed by atoms with E-state index in [1.165, 1.54) is 32.1 Å². The minimum absolute atomic E-state index is 0.945. The van der Waals surface area contributed by atoms with Crippen LogP contribution in [0.15, 0.2) is 0 Å². The highest BCUT2D eigenvalue weighted by molar-refractivity contribution is 4.76. The summed E-state index contributed by atoms with van der Waals surface area (Å²) in [6.07, 6.45) is 7.25. The Morgan fingerprint density at radius 2 is 1.69 bits per heavy atom. The maximum atomic E-state index is 2.47. The van der Waals surface area contributed by atoms with Gasteiger partial charge in [-0.15, -0.1) is 0 Å². The topological polar surface area (TPSA) is 0 Å². The van der Waals surface area contributed by atoms with Crippen LogP contribution in [0.4, 0.5) is 0 Å². The van der Waals surface area contributed by atoms with Gasteiger partial charge in [-0.3, -0.25) is 0 Å². The van der Waals surface area contributed by atoms with E-state index in [2.05, 4.69) is 27.7 Å². The number of hydrogen-bond donors (Lipinski definition) is 0. The van der Waals surface area contributed by atoms with Crippen LogP contribution in [-0.4, -0.2) is 0 Å². The molecule has 4 unspecified atom stereocenters. The van der Waals surface area contributed by atoms with E-state index < -0.39 is 0 Å². The molecule has 0 aliphatic heterocycles. The first kappa shape index (κ1) is 11.1. The average molecular weight is 182 g/mol. The van der Waals surface area contributed by atoms with Crippen molar-refractivity contribution >= 4 is 0 Å². The van der Waals surface area contributed by atoms with Gasteiger partial charge in [0.25, 0.3) is 0 Å². The Labute approximate surface area is 84.1 Å². The molecule has 13 heavy (non-hydrogen) atoms. The first-order valence-electron chi connectivity index (χ1n) is 6.15. The molecule has 0 nitrogen and oxygen atoms in total. The molecule has 0 N–H and O–H groups in total. The largest absolute Gasteiger partial charge is 0.0651 e. The van der Waals surface area contributed by atoms with Gasteiger partial charge in [0.2, 0.25) is 0 Å².